The van der Waals surface area contributed by atoms with Crippen LogP contribution in [0.4, 0.5) is 0 Å². The maximum atomic E-state index is 10.9. The molecule has 1 rings (SSSR count). The lowest BCUT2D eigenvalue weighted by atomic mass is 10.2. The third kappa shape index (κ3) is 1.44. The third-order valence-corrected chi connectivity index (χ3v) is 2.26. The number of halogens is 2. The minimum Gasteiger partial charge on any atom is -0.353 e. The Hall–Kier alpha value is 0.210. The number of ether oxygens (including phenoxy) is 1. The van der Waals surface area contributed by atoms with E-state index in [1.165, 1.54) is 0 Å². The number of alkyl halides is 2. The van der Waals surface area contributed by atoms with E-state index in [1.807, 2.05) is 0 Å². The molecule has 0 radical (unpaired) electrons. The summed E-state index contributed by atoms with van der Waals surface area (Å²) in [6, 6.07) is 0. The molecule has 1 saturated heterocycles. The number of ketones is 1. The van der Waals surface area contributed by atoms with Crippen LogP contribution in [0.25, 0.3) is 0 Å². The Bertz CT molecular complexity index is 141. The van der Waals surface area contributed by atoms with E-state index in [1.54, 1.807) is 0 Å². The zero-order valence-corrected chi connectivity index (χ0v) is 6.91. The topological polar surface area (TPSA) is 26.3 Å². The Labute approximate surface area is 69.4 Å². The summed E-state index contributed by atoms with van der Waals surface area (Å²) in [4.78, 5) is 10.9. The highest BCUT2D eigenvalue weighted by atomic mass is 35.5. The molecule has 1 aliphatic heterocycles. The molecule has 0 amide bonds. The Morgan fingerprint density at radius 1 is 1.70 bits per heavy atom. The molecule has 0 bridgehead atoms. The fourth-order valence-corrected chi connectivity index (χ4v) is 1.49. The van der Waals surface area contributed by atoms with Gasteiger partial charge in [0, 0.05) is 13.0 Å². The fourth-order valence-electron chi connectivity index (χ4n) is 0.925. The van der Waals surface area contributed by atoms with Crippen molar-refractivity contribution in [1.82, 2.24) is 0 Å². The summed E-state index contributed by atoms with van der Waals surface area (Å²) in [6.45, 7) is 0.562. The molecule has 0 aromatic heterocycles. The quantitative estimate of drug-likeness (QED) is 0.607. The van der Waals surface area contributed by atoms with Gasteiger partial charge in [-0.1, -0.05) is 11.6 Å². The predicted molar refractivity (Wildman–Crippen MR) is 39.5 cm³/mol. The third-order valence-electron chi connectivity index (χ3n) is 1.51. The van der Waals surface area contributed by atoms with Gasteiger partial charge in [-0.15, -0.1) is 11.6 Å². The van der Waals surface area contributed by atoms with Gasteiger partial charge in [0.25, 0.3) is 0 Å². The van der Waals surface area contributed by atoms with Crippen LogP contribution >= 0.6 is 23.2 Å². The summed E-state index contributed by atoms with van der Waals surface area (Å²) in [5.74, 6) is -0.294. The van der Waals surface area contributed by atoms with Gasteiger partial charge in [0.2, 0.25) is 5.06 Å². The molecule has 0 aromatic carbocycles. The Morgan fingerprint density at radius 2 is 2.40 bits per heavy atom. The van der Waals surface area contributed by atoms with Crippen molar-refractivity contribution in [2.45, 2.75) is 17.9 Å². The van der Waals surface area contributed by atoms with Gasteiger partial charge >= 0.3 is 0 Å². The van der Waals surface area contributed by atoms with Crippen LogP contribution in [0.5, 0.6) is 0 Å². The van der Waals surface area contributed by atoms with Crippen molar-refractivity contribution in [2.75, 3.05) is 12.5 Å². The SMILES string of the molecule is O=C(CCl)C1(Cl)CCCO1. The van der Waals surface area contributed by atoms with Crippen LogP contribution in [-0.2, 0) is 9.53 Å². The van der Waals surface area contributed by atoms with Gasteiger partial charge < -0.3 is 4.74 Å². The molecule has 1 heterocycles. The average molecular weight is 183 g/mol. The highest BCUT2D eigenvalue weighted by molar-refractivity contribution is 6.40. The van der Waals surface area contributed by atoms with Gasteiger partial charge in [0.05, 0.1) is 5.88 Å². The lowest BCUT2D eigenvalue weighted by Crippen LogP contribution is -2.32. The molecule has 1 unspecified atom stereocenters. The fraction of sp³-hybridized carbons (Fsp3) is 0.833. The van der Waals surface area contributed by atoms with E-state index in [0.29, 0.717) is 13.0 Å². The van der Waals surface area contributed by atoms with Crippen molar-refractivity contribution in [3.8, 4) is 0 Å². The lowest BCUT2D eigenvalue weighted by molar-refractivity contribution is -0.128. The molecule has 1 aliphatic rings. The van der Waals surface area contributed by atoms with E-state index >= 15 is 0 Å². The summed E-state index contributed by atoms with van der Waals surface area (Å²) in [5, 5.41) is -1.10. The number of carbonyl (C=O) groups excluding carboxylic acids is 1. The molecule has 0 spiro atoms. The highest BCUT2D eigenvalue weighted by Crippen LogP contribution is 2.30. The molecule has 58 valence electrons. The van der Waals surface area contributed by atoms with Gasteiger partial charge in [-0.3, -0.25) is 4.79 Å². The van der Waals surface area contributed by atoms with Crippen LogP contribution in [0.1, 0.15) is 12.8 Å². The maximum Gasteiger partial charge on any atom is 0.201 e. The summed E-state index contributed by atoms with van der Waals surface area (Å²) in [7, 11) is 0. The van der Waals surface area contributed by atoms with Crippen molar-refractivity contribution in [1.29, 1.82) is 0 Å². The smallest absolute Gasteiger partial charge is 0.201 e. The highest BCUT2D eigenvalue weighted by Gasteiger charge is 2.39. The first-order valence-corrected chi connectivity index (χ1v) is 4.02. The van der Waals surface area contributed by atoms with Crippen LogP contribution in [0, 0.1) is 0 Å². The minimum absolute atomic E-state index is 0.0660. The van der Waals surface area contributed by atoms with Crippen LogP contribution in [-0.4, -0.2) is 23.3 Å². The second-order valence-corrected chi connectivity index (χ2v) is 3.12. The Morgan fingerprint density at radius 3 is 2.80 bits per heavy atom. The first kappa shape index (κ1) is 8.31. The van der Waals surface area contributed by atoms with Gasteiger partial charge in [0.1, 0.15) is 0 Å². The van der Waals surface area contributed by atoms with Crippen LogP contribution < -0.4 is 0 Å². The maximum absolute atomic E-state index is 10.9. The molecule has 0 aromatic rings. The van der Waals surface area contributed by atoms with E-state index < -0.39 is 5.06 Å². The number of hydrogen-bond acceptors (Lipinski definition) is 2. The molecule has 1 fully saturated rings. The van der Waals surface area contributed by atoms with Crippen LogP contribution in [0.2, 0.25) is 0 Å². The van der Waals surface area contributed by atoms with Crippen molar-refractivity contribution >= 4 is 29.0 Å². The standard InChI is InChI=1S/C6H8Cl2O2/c7-4-5(9)6(8)2-1-3-10-6/h1-4H2. The zero-order chi connectivity index (χ0) is 7.61. The van der Waals surface area contributed by atoms with Gasteiger partial charge in [-0.05, 0) is 6.42 Å². The molecule has 0 N–H and O–H groups in total. The number of carbonyl (C=O) groups is 1. The molecular weight excluding hydrogens is 175 g/mol. The first-order valence-electron chi connectivity index (χ1n) is 3.11. The lowest BCUT2D eigenvalue weighted by Gasteiger charge is -2.16. The summed E-state index contributed by atoms with van der Waals surface area (Å²) >= 11 is 11.1. The minimum atomic E-state index is -1.10. The summed E-state index contributed by atoms with van der Waals surface area (Å²) < 4.78 is 5.02. The van der Waals surface area contributed by atoms with Crippen molar-refractivity contribution in [3.63, 3.8) is 0 Å². The number of hydrogen-bond donors (Lipinski definition) is 0. The number of rotatable bonds is 2. The molecule has 0 saturated carbocycles. The second-order valence-electron chi connectivity index (χ2n) is 2.24. The monoisotopic (exact) mass is 182 g/mol. The van der Waals surface area contributed by atoms with Crippen LogP contribution in [0.3, 0.4) is 0 Å². The normalized spacial score (nSPS) is 32.6. The van der Waals surface area contributed by atoms with E-state index in [9.17, 15) is 4.79 Å². The summed E-state index contributed by atoms with van der Waals surface area (Å²) in [5.41, 5.74) is 0. The van der Waals surface area contributed by atoms with Gasteiger partial charge in [0.15, 0.2) is 5.78 Å². The molecule has 0 aliphatic carbocycles. The van der Waals surface area contributed by atoms with Gasteiger partial charge in [-0.2, -0.15) is 0 Å². The van der Waals surface area contributed by atoms with Crippen LogP contribution in [0.15, 0.2) is 0 Å². The van der Waals surface area contributed by atoms with Crippen molar-refractivity contribution < 1.29 is 9.53 Å². The van der Waals surface area contributed by atoms with Crippen molar-refractivity contribution in [2.24, 2.45) is 0 Å². The Balaban J connectivity index is 2.58. The average Bonchev–Trinajstić information content (AvgIpc) is 2.36. The zero-order valence-electron chi connectivity index (χ0n) is 5.40. The van der Waals surface area contributed by atoms with E-state index in [4.69, 9.17) is 27.9 Å². The Kier molecular flexibility index (Phi) is 2.55. The van der Waals surface area contributed by atoms with Crippen molar-refractivity contribution in [3.05, 3.63) is 0 Å². The van der Waals surface area contributed by atoms with E-state index in [-0.39, 0.29) is 11.7 Å². The molecule has 10 heavy (non-hydrogen) atoms. The number of Topliss-reactive ketones (excluding diaryl/α,β-unsaturated/α-hetero) is 1. The van der Waals surface area contributed by atoms with E-state index in [2.05, 4.69) is 0 Å². The second kappa shape index (κ2) is 3.07. The van der Waals surface area contributed by atoms with E-state index in [0.717, 1.165) is 6.42 Å². The molecule has 2 nitrogen and oxygen atoms in total. The molecular formula is C6H8Cl2O2. The van der Waals surface area contributed by atoms with Gasteiger partial charge in [-0.25, -0.2) is 0 Å². The predicted octanol–water partition coefficient (Wildman–Crippen LogP) is 1.54. The molecule has 4 heteroatoms. The summed E-state index contributed by atoms with van der Waals surface area (Å²) in [6.07, 6.45) is 1.42. The first-order chi connectivity index (χ1) is 4.69. The largest absolute Gasteiger partial charge is 0.353 e. The molecule has 1 atom stereocenters.